The minimum atomic E-state index is 0.179. The van der Waals surface area contributed by atoms with Crippen molar-refractivity contribution in [2.45, 2.75) is 23.7 Å². The van der Waals surface area contributed by atoms with Crippen molar-refractivity contribution in [3.8, 4) is 0 Å². The van der Waals surface area contributed by atoms with Crippen LogP contribution in [0.5, 0.6) is 0 Å². The molecule has 2 unspecified atom stereocenters. The molecule has 2 atom stereocenters. The van der Waals surface area contributed by atoms with E-state index in [-0.39, 0.29) is 11.8 Å². The first kappa shape index (κ1) is 14.0. The molecule has 1 amide bonds. The van der Waals surface area contributed by atoms with Gasteiger partial charge in [-0.25, -0.2) is 0 Å². The van der Waals surface area contributed by atoms with Gasteiger partial charge in [-0.15, -0.1) is 11.8 Å². The number of nitrogens with one attached hydrogen (secondary N) is 1. The zero-order chi connectivity index (χ0) is 13.9. The van der Waals surface area contributed by atoms with E-state index < -0.39 is 0 Å². The summed E-state index contributed by atoms with van der Waals surface area (Å²) in [6, 6.07) is 8.75. The summed E-state index contributed by atoms with van der Waals surface area (Å²) in [7, 11) is 1.74. The number of nitrogens with zero attached hydrogens (tertiary/aromatic N) is 1. The minimum absolute atomic E-state index is 0.179. The van der Waals surface area contributed by atoms with Gasteiger partial charge in [0.2, 0.25) is 5.91 Å². The minimum Gasteiger partial charge on any atom is -0.359 e. The lowest BCUT2D eigenvalue weighted by atomic mass is 9.94. The van der Waals surface area contributed by atoms with Crippen molar-refractivity contribution >= 4 is 17.7 Å². The Morgan fingerprint density at radius 2 is 2.30 bits per heavy atom. The molecule has 3 nitrogen and oxygen atoms in total. The Morgan fingerprint density at radius 1 is 1.45 bits per heavy atom. The van der Waals surface area contributed by atoms with Crippen molar-refractivity contribution in [2.75, 3.05) is 32.4 Å². The Kier molecular flexibility index (Phi) is 4.32. The summed E-state index contributed by atoms with van der Waals surface area (Å²) in [5.41, 5.74) is 1.50. The Labute approximate surface area is 125 Å². The monoisotopic (exact) mass is 290 g/mol. The van der Waals surface area contributed by atoms with Crippen LogP contribution in [-0.2, 0) is 4.79 Å². The number of fused-ring (bicyclic) bond motifs is 1. The molecule has 0 radical (unpaired) electrons. The molecular formula is C16H22N2OS. The summed E-state index contributed by atoms with van der Waals surface area (Å²) >= 11 is 1.97. The van der Waals surface area contributed by atoms with Gasteiger partial charge in [-0.1, -0.05) is 18.2 Å². The number of benzene rings is 1. The molecule has 1 saturated heterocycles. The average Bonchev–Trinajstić information content (AvgIpc) is 2.90. The molecule has 0 aliphatic carbocycles. The molecule has 2 aliphatic rings. The highest BCUT2D eigenvalue weighted by atomic mass is 32.2. The van der Waals surface area contributed by atoms with Gasteiger partial charge in [0.05, 0.1) is 5.92 Å². The van der Waals surface area contributed by atoms with Gasteiger partial charge in [0.15, 0.2) is 0 Å². The summed E-state index contributed by atoms with van der Waals surface area (Å²) in [5.74, 6) is 2.19. The SMILES string of the molecule is CNC(=O)C1CCCN(CC2CSc3ccccc32)C1. The Bertz CT molecular complexity index is 491. The van der Waals surface area contributed by atoms with Crippen LogP contribution in [0.4, 0.5) is 0 Å². The average molecular weight is 290 g/mol. The number of carbonyl (C=O) groups is 1. The maximum Gasteiger partial charge on any atom is 0.224 e. The zero-order valence-corrected chi connectivity index (χ0v) is 12.8. The Hall–Kier alpha value is -1.00. The molecule has 4 heteroatoms. The van der Waals surface area contributed by atoms with E-state index in [4.69, 9.17) is 0 Å². The molecule has 20 heavy (non-hydrogen) atoms. The molecule has 3 rings (SSSR count). The highest BCUT2D eigenvalue weighted by molar-refractivity contribution is 7.99. The number of thioether (sulfide) groups is 1. The number of amides is 1. The maximum absolute atomic E-state index is 11.8. The lowest BCUT2D eigenvalue weighted by Gasteiger charge is -2.33. The fourth-order valence-electron chi connectivity index (χ4n) is 3.33. The van der Waals surface area contributed by atoms with E-state index in [1.54, 1.807) is 7.05 Å². The van der Waals surface area contributed by atoms with Crippen LogP contribution in [0.2, 0.25) is 0 Å². The van der Waals surface area contributed by atoms with Crippen LogP contribution >= 0.6 is 11.8 Å². The number of hydrogen-bond donors (Lipinski definition) is 1. The van der Waals surface area contributed by atoms with Gasteiger partial charge < -0.3 is 10.2 Å². The van der Waals surface area contributed by atoms with E-state index in [9.17, 15) is 4.79 Å². The van der Waals surface area contributed by atoms with Crippen molar-refractivity contribution in [1.82, 2.24) is 10.2 Å². The van der Waals surface area contributed by atoms with Crippen molar-refractivity contribution in [1.29, 1.82) is 0 Å². The normalized spacial score (nSPS) is 26.2. The lowest BCUT2D eigenvalue weighted by Crippen LogP contribution is -2.43. The predicted octanol–water partition coefficient (Wildman–Crippen LogP) is 2.33. The van der Waals surface area contributed by atoms with E-state index in [0.717, 1.165) is 32.5 Å². The van der Waals surface area contributed by atoms with Crippen LogP contribution in [0.25, 0.3) is 0 Å². The molecule has 0 saturated carbocycles. The summed E-state index contributed by atoms with van der Waals surface area (Å²) in [5, 5.41) is 2.79. The molecule has 1 N–H and O–H groups in total. The second-order valence-electron chi connectivity index (χ2n) is 5.76. The van der Waals surface area contributed by atoms with E-state index in [2.05, 4.69) is 34.5 Å². The van der Waals surface area contributed by atoms with E-state index in [0.29, 0.717) is 5.92 Å². The number of carbonyl (C=O) groups excluding carboxylic acids is 1. The van der Waals surface area contributed by atoms with E-state index in [1.165, 1.54) is 16.2 Å². The van der Waals surface area contributed by atoms with E-state index >= 15 is 0 Å². The summed E-state index contributed by atoms with van der Waals surface area (Å²) < 4.78 is 0. The smallest absolute Gasteiger partial charge is 0.224 e. The standard InChI is InChI=1S/C16H22N2OS/c1-17-16(19)12-5-4-8-18(9-12)10-13-11-20-15-7-3-2-6-14(13)15/h2-3,6-7,12-13H,4-5,8-11H2,1H3,(H,17,19). The van der Waals surface area contributed by atoms with Crippen LogP contribution in [-0.4, -0.2) is 43.2 Å². The highest BCUT2D eigenvalue weighted by Crippen LogP contribution is 2.39. The first-order chi connectivity index (χ1) is 9.78. The van der Waals surface area contributed by atoms with Gasteiger partial charge in [-0.2, -0.15) is 0 Å². The number of piperidine rings is 1. The van der Waals surface area contributed by atoms with Crippen molar-refractivity contribution < 1.29 is 4.79 Å². The lowest BCUT2D eigenvalue weighted by molar-refractivity contribution is -0.126. The first-order valence-electron chi connectivity index (χ1n) is 7.43. The molecule has 1 aromatic carbocycles. The molecule has 1 aromatic rings. The first-order valence-corrected chi connectivity index (χ1v) is 8.42. The molecule has 108 valence electrons. The zero-order valence-electron chi connectivity index (χ0n) is 12.0. The maximum atomic E-state index is 11.8. The highest BCUT2D eigenvalue weighted by Gasteiger charge is 2.29. The van der Waals surface area contributed by atoms with Crippen LogP contribution in [0.3, 0.4) is 0 Å². The molecule has 0 aromatic heterocycles. The van der Waals surface area contributed by atoms with E-state index in [1.807, 2.05) is 11.8 Å². The molecule has 0 bridgehead atoms. The van der Waals surface area contributed by atoms with Gasteiger partial charge >= 0.3 is 0 Å². The predicted molar refractivity (Wildman–Crippen MR) is 83.1 cm³/mol. The second kappa shape index (κ2) is 6.19. The summed E-state index contributed by atoms with van der Waals surface area (Å²) in [6.45, 7) is 3.15. The summed E-state index contributed by atoms with van der Waals surface area (Å²) in [6.07, 6.45) is 2.17. The topological polar surface area (TPSA) is 32.3 Å². The molecule has 0 spiro atoms. The van der Waals surface area contributed by atoms with Gasteiger partial charge in [0.1, 0.15) is 0 Å². The van der Waals surface area contributed by atoms with Gasteiger partial charge in [-0.3, -0.25) is 4.79 Å². The van der Waals surface area contributed by atoms with Crippen LogP contribution in [0.1, 0.15) is 24.3 Å². The van der Waals surface area contributed by atoms with Crippen LogP contribution in [0, 0.1) is 5.92 Å². The second-order valence-corrected chi connectivity index (χ2v) is 6.82. The third-order valence-electron chi connectivity index (χ3n) is 4.40. The largest absolute Gasteiger partial charge is 0.359 e. The number of hydrogen-bond acceptors (Lipinski definition) is 3. The third kappa shape index (κ3) is 2.86. The Balaban J connectivity index is 1.63. The van der Waals surface area contributed by atoms with Gasteiger partial charge in [0.25, 0.3) is 0 Å². The van der Waals surface area contributed by atoms with Crippen molar-refractivity contribution in [3.63, 3.8) is 0 Å². The third-order valence-corrected chi connectivity index (χ3v) is 5.65. The molecule has 2 aliphatic heterocycles. The number of rotatable bonds is 3. The Morgan fingerprint density at radius 3 is 3.15 bits per heavy atom. The fourth-order valence-corrected chi connectivity index (χ4v) is 4.57. The van der Waals surface area contributed by atoms with Gasteiger partial charge in [0, 0.05) is 36.7 Å². The molecular weight excluding hydrogens is 268 g/mol. The summed E-state index contributed by atoms with van der Waals surface area (Å²) in [4.78, 5) is 15.7. The van der Waals surface area contributed by atoms with Crippen LogP contribution < -0.4 is 5.32 Å². The fraction of sp³-hybridized carbons (Fsp3) is 0.562. The quantitative estimate of drug-likeness (QED) is 0.927. The van der Waals surface area contributed by atoms with Crippen LogP contribution in [0.15, 0.2) is 29.2 Å². The van der Waals surface area contributed by atoms with Crippen molar-refractivity contribution in [2.24, 2.45) is 5.92 Å². The van der Waals surface area contributed by atoms with Gasteiger partial charge in [-0.05, 0) is 31.0 Å². The molecule has 2 heterocycles. The number of likely N-dealkylation sites (tertiary alicyclic amines) is 1. The van der Waals surface area contributed by atoms with Crippen molar-refractivity contribution in [3.05, 3.63) is 29.8 Å². The molecule has 1 fully saturated rings.